The maximum Gasteiger partial charge on any atom is 0.248 e. The third-order valence-electron chi connectivity index (χ3n) is 6.28. The molecule has 0 radical (unpaired) electrons. The van der Waals surface area contributed by atoms with E-state index in [1.165, 1.54) is 25.9 Å². The number of nitrogens with zero attached hydrogens (tertiary/aromatic N) is 2. The Bertz CT molecular complexity index is 1220. The SMILES string of the molecule is CC1CCCN(C)C1.CNc1cc(Oc2ccnc(-c3ccc(C(N)=O)c(C)c3)c2)ccc1C(C)=N. The average molecular weight is 488 g/mol. The van der Waals surface area contributed by atoms with Crippen LogP contribution in [0, 0.1) is 18.3 Å². The Kier molecular flexibility index (Phi) is 9.19. The zero-order chi connectivity index (χ0) is 26.2. The maximum absolute atomic E-state index is 11.4. The number of likely N-dealkylation sites (tertiary alicyclic amines) is 1. The number of ether oxygens (including phenoxy) is 1. The first-order chi connectivity index (χ1) is 17.2. The van der Waals surface area contributed by atoms with Gasteiger partial charge in [0.25, 0.3) is 0 Å². The van der Waals surface area contributed by atoms with Gasteiger partial charge in [-0.15, -0.1) is 0 Å². The van der Waals surface area contributed by atoms with E-state index in [2.05, 4.69) is 29.2 Å². The number of anilines is 1. The molecule has 0 aliphatic carbocycles. The molecule has 0 spiro atoms. The van der Waals surface area contributed by atoms with Crippen LogP contribution in [0.4, 0.5) is 5.69 Å². The normalized spacial score (nSPS) is 15.4. The van der Waals surface area contributed by atoms with Gasteiger partial charge in [0, 0.05) is 60.0 Å². The number of benzene rings is 2. The van der Waals surface area contributed by atoms with Crippen molar-refractivity contribution in [2.24, 2.45) is 11.7 Å². The first-order valence-corrected chi connectivity index (χ1v) is 12.3. The molecule has 1 aliphatic heterocycles. The standard InChI is InChI=1S/C22H22N4O2.C7H15N/c1-13-10-15(4-6-18(13)22(24)27)20-11-17(8-9-26-20)28-16-5-7-19(14(2)23)21(12-16)25-3;1-7-4-3-5-8(2)6-7/h4-12,23,25H,1-3H3,(H2,24,27);7H,3-6H2,1-2H3. The Morgan fingerprint density at radius 2 is 1.86 bits per heavy atom. The minimum Gasteiger partial charge on any atom is -0.457 e. The zero-order valence-corrected chi connectivity index (χ0v) is 21.9. The Hall–Kier alpha value is -3.71. The van der Waals surface area contributed by atoms with Crippen molar-refractivity contribution in [2.75, 3.05) is 32.5 Å². The molecule has 1 unspecified atom stereocenters. The quantitative estimate of drug-likeness (QED) is 0.385. The van der Waals surface area contributed by atoms with Crippen LogP contribution in [0.3, 0.4) is 0 Å². The van der Waals surface area contributed by atoms with Crippen LogP contribution in [-0.4, -0.2) is 48.7 Å². The summed E-state index contributed by atoms with van der Waals surface area (Å²) in [5.41, 5.74) is 10.4. The molecule has 2 aromatic carbocycles. The highest BCUT2D eigenvalue weighted by molar-refractivity contribution is 6.01. The van der Waals surface area contributed by atoms with Crippen LogP contribution in [0.2, 0.25) is 0 Å². The lowest BCUT2D eigenvalue weighted by Crippen LogP contribution is -2.30. The summed E-state index contributed by atoms with van der Waals surface area (Å²) >= 11 is 0. The molecule has 1 aromatic heterocycles. The first-order valence-electron chi connectivity index (χ1n) is 12.3. The van der Waals surface area contributed by atoms with Gasteiger partial charge in [-0.2, -0.15) is 0 Å². The van der Waals surface area contributed by atoms with E-state index in [9.17, 15) is 4.79 Å². The number of hydrogen-bond acceptors (Lipinski definition) is 6. The van der Waals surface area contributed by atoms with Crippen LogP contribution in [0.25, 0.3) is 11.3 Å². The van der Waals surface area contributed by atoms with Crippen molar-refractivity contribution in [3.8, 4) is 22.8 Å². The molecule has 1 saturated heterocycles. The number of carbonyl (C=O) groups excluding carboxylic acids is 1. The molecule has 190 valence electrons. The van der Waals surface area contributed by atoms with Gasteiger partial charge < -0.3 is 26.1 Å². The van der Waals surface area contributed by atoms with Crippen LogP contribution in [0.5, 0.6) is 11.5 Å². The van der Waals surface area contributed by atoms with Crippen molar-refractivity contribution in [3.05, 3.63) is 71.4 Å². The number of rotatable bonds is 6. The number of primary amides is 1. The molecule has 4 rings (SSSR count). The lowest BCUT2D eigenvalue weighted by molar-refractivity contribution is 0.0999. The van der Waals surface area contributed by atoms with E-state index in [-0.39, 0.29) is 0 Å². The molecule has 7 heteroatoms. The predicted octanol–water partition coefficient (Wildman–Crippen LogP) is 5.73. The van der Waals surface area contributed by atoms with E-state index in [0.717, 1.165) is 34.0 Å². The molecular weight excluding hydrogens is 450 g/mol. The number of piperidine rings is 1. The van der Waals surface area contributed by atoms with E-state index in [1.807, 2.05) is 50.4 Å². The van der Waals surface area contributed by atoms with E-state index in [1.54, 1.807) is 25.3 Å². The summed E-state index contributed by atoms with van der Waals surface area (Å²) in [6.07, 6.45) is 4.51. The number of aryl methyl sites for hydroxylation is 1. The summed E-state index contributed by atoms with van der Waals surface area (Å²) in [5, 5.41) is 10.9. The average Bonchev–Trinajstić information content (AvgIpc) is 2.84. The summed E-state index contributed by atoms with van der Waals surface area (Å²) < 4.78 is 5.99. The fourth-order valence-corrected chi connectivity index (χ4v) is 4.41. The van der Waals surface area contributed by atoms with Crippen molar-refractivity contribution in [3.63, 3.8) is 0 Å². The zero-order valence-electron chi connectivity index (χ0n) is 21.9. The van der Waals surface area contributed by atoms with Crippen LogP contribution < -0.4 is 15.8 Å². The minimum absolute atomic E-state index is 0.446. The van der Waals surface area contributed by atoms with E-state index in [0.29, 0.717) is 22.8 Å². The molecule has 1 aliphatic rings. The number of aromatic nitrogens is 1. The maximum atomic E-state index is 11.4. The number of nitrogens with one attached hydrogen (secondary N) is 2. The Morgan fingerprint density at radius 3 is 2.44 bits per heavy atom. The number of carbonyl (C=O) groups is 1. The van der Waals surface area contributed by atoms with E-state index >= 15 is 0 Å². The van der Waals surface area contributed by atoms with Crippen molar-refractivity contribution < 1.29 is 9.53 Å². The highest BCUT2D eigenvalue weighted by Gasteiger charge is 2.11. The third kappa shape index (κ3) is 7.15. The summed E-state index contributed by atoms with van der Waals surface area (Å²) in [6, 6.07) is 14.6. The van der Waals surface area contributed by atoms with E-state index < -0.39 is 5.91 Å². The molecule has 2 heterocycles. The molecule has 36 heavy (non-hydrogen) atoms. The molecule has 1 fully saturated rings. The van der Waals surface area contributed by atoms with Gasteiger partial charge in [0.05, 0.1) is 5.69 Å². The summed E-state index contributed by atoms with van der Waals surface area (Å²) in [4.78, 5) is 18.2. The molecular formula is C29H37N5O2. The van der Waals surface area contributed by atoms with Gasteiger partial charge in [-0.3, -0.25) is 9.78 Å². The van der Waals surface area contributed by atoms with Gasteiger partial charge in [0.15, 0.2) is 0 Å². The number of pyridine rings is 1. The smallest absolute Gasteiger partial charge is 0.248 e. The highest BCUT2D eigenvalue weighted by Crippen LogP contribution is 2.29. The Labute approximate surface area is 214 Å². The highest BCUT2D eigenvalue weighted by atomic mass is 16.5. The van der Waals surface area contributed by atoms with Gasteiger partial charge >= 0.3 is 0 Å². The first kappa shape index (κ1) is 26.9. The monoisotopic (exact) mass is 487 g/mol. The van der Waals surface area contributed by atoms with Gasteiger partial charge in [0.2, 0.25) is 5.91 Å². The molecule has 1 atom stereocenters. The van der Waals surface area contributed by atoms with Crippen LogP contribution in [0.1, 0.15) is 48.2 Å². The summed E-state index contributed by atoms with van der Waals surface area (Å²) in [7, 11) is 4.02. The third-order valence-corrected chi connectivity index (χ3v) is 6.28. The molecule has 4 N–H and O–H groups in total. The van der Waals surface area contributed by atoms with Gasteiger partial charge in [-0.05, 0) is 82.1 Å². The fraction of sp³-hybridized carbons (Fsp3) is 0.345. The number of amides is 1. The van der Waals surface area contributed by atoms with Crippen LogP contribution >= 0.6 is 0 Å². The molecule has 0 bridgehead atoms. The van der Waals surface area contributed by atoms with Gasteiger partial charge in [-0.1, -0.05) is 13.0 Å². The molecule has 7 nitrogen and oxygen atoms in total. The molecule has 1 amide bonds. The van der Waals surface area contributed by atoms with Crippen molar-refractivity contribution in [1.82, 2.24) is 9.88 Å². The summed E-state index contributed by atoms with van der Waals surface area (Å²) in [6.45, 7) is 8.54. The van der Waals surface area contributed by atoms with Crippen LogP contribution in [0.15, 0.2) is 54.7 Å². The number of hydrogen-bond donors (Lipinski definition) is 3. The second-order valence-electron chi connectivity index (χ2n) is 9.46. The predicted molar refractivity (Wildman–Crippen MR) is 147 cm³/mol. The lowest BCUT2D eigenvalue weighted by atomic mass is 10.0. The van der Waals surface area contributed by atoms with Crippen molar-refractivity contribution in [2.45, 2.75) is 33.6 Å². The van der Waals surface area contributed by atoms with Crippen molar-refractivity contribution >= 4 is 17.3 Å². The fourth-order valence-electron chi connectivity index (χ4n) is 4.41. The Balaban J connectivity index is 0.000000383. The summed E-state index contributed by atoms with van der Waals surface area (Å²) in [5.74, 6) is 1.79. The van der Waals surface area contributed by atoms with Gasteiger partial charge in [0.1, 0.15) is 11.5 Å². The minimum atomic E-state index is -0.446. The lowest BCUT2D eigenvalue weighted by Gasteiger charge is -2.26. The molecule has 3 aromatic rings. The molecule has 0 saturated carbocycles. The van der Waals surface area contributed by atoms with Gasteiger partial charge in [-0.25, -0.2) is 0 Å². The Morgan fingerprint density at radius 1 is 1.14 bits per heavy atom. The van der Waals surface area contributed by atoms with Crippen LogP contribution in [-0.2, 0) is 0 Å². The largest absolute Gasteiger partial charge is 0.457 e. The topological polar surface area (TPSA) is 104 Å². The number of nitrogens with two attached hydrogens (primary N) is 1. The second kappa shape index (κ2) is 12.3. The van der Waals surface area contributed by atoms with Crippen molar-refractivity contribution in [1.29, 1.82) is 5.41 Å². The van der Waals surface area contributed by atoms with E-state index in [4.69, 9.17) is 15.9 Å². The second-order valence-corrected chi connectivity index (χ2v) is 9.46.